The zero-order valence-electron chi connectivity index (χ0n) is 10.7. The van der Waals surface area contributed by atoms with E-state index in [9.17, 15) is 9.59 Å². The first-order chi connectivity index (χ1) is 10.1. The highest BCUT2D eigenvalue weighted by Gasteiger charge is 2.59. The van der Waals surface area contributed by atoms with Crippen molar-refractivity contribution in [1.29, 1.82) is 0 Å². The quantitative estimate of drug-likeness (QED) is 0.295. The van der Waals surface area contributed by atoms with Gasteiger partial charge in [-0.1, -0.05) is 12.2 Å². The predicted octanol–water partition coefficient (Wildman–Crippen LogP) is 2.79. The molecule has 0 aromatic carbocycles. The third kappa shape index (κ3) is 1.97. The number of hydrogen-bond acceptors (Lipinski definition) is 4. The summed E-state index contributed by atoms with van der Waals surface area (Å²) in [7, 11) is 0. The molecule has 0 N–H and O–H groups in total. The van der Waals surface area contributed by atoms with Crippen molar-refractivity contribution in [1.82, 2.24) is 5.01 Å². The van der Waals surface area contributed by atoms with E-state index in [1.807, 2.05) is 22.6 Å². The molecule has 1 aromatic heterocycles. The Labute approximate surface area is 142 Å². The lowest BCUT2D eigenvalue weighted by Crippen LogP contribution is -2.28. The van der Waals surface area contributed by atoms with Gasteiger partial charge in [0.1, 0.15) is 5.76 Å². The molecule has 2 aliphatic carbocycles. The van der Waals surface area contributed by atoms with Crippen LogP contribution >= 0.6 is 38.5 Å². The van der Waals surface area contributed by atoms with Crippen molar-refractivity contribution in [3.05, 3.63) is 32.2 Å². The molecule has 7 heteroatoms. The number of nitrogens with zero attached hydrogens (tertiary/aromatic N) is 2. The lowest BCUT2D eigenvalue weighted by Gasteiger charge is -2.13. The molecular formula is C14H10BrIN2O3. The van der Waals surface area contributed by atoms with Gasteiger partial charge in [-0.3, -0.25) is 9.59 Å². The monoisotopic (exact) mass is 460 g/mol. The number of carbonyl (C=O) groups excluding carboxylic acids is 2. The third-order valence-electron chi connectivity index (χ3n) is 4.41. The van der Waals surface area contributed by atoms with Crippen molar-refractivity contribution in [2.75, 3.05) is 0 Å². The van der Waals surface area contributed by atoms with Gasteiger partial charge in [-0.05, 0) is 34.2 Å². The van der Waals surface area contributed by atoms with Gasteiger partial charge in [0.05, 0.1) is 22.5 Å². The van der Waals surface area contributed by atoms with Crippen LogP contribution in [0.5, 0.6) is 0 Å². The molecule has 4 atom stereocenters. The second kappa shape index (κ2) is 4.77. The van der Waals surface area contributed by atoms with Crippen molar-refractivity contribution in [3.8, 4) is 0 Å². The Hall–Kier alpha value is -0.960. The van der Waals surface area contributed by atoms with E-state index < -0.39 is 0 Å². The van der Waals surface area contributed by atoms with Gasteiger partial charge < -0.3 is 4.42 Å². The zero-order chi connectivity index (χ0) is 14.7. The van der Waals surface area contributed by atoms with E-state index in [1.165, 1.54) is 6.21 Å². The van der Waals surface area contributed by atoms with Gasteiger partial charge >= 0.3 is 0 Å². The second-order valence-corrected chi connectivity index (χ2v) is 7.34. The molecule has 4 rings (SSSR count). The molecule has 4 unspecified atom stereocenters. The first kappa shape index (κ1) is 13.7. The number of allylic oxidation sites excluding steroid dienone is 2. The molecule has 2 amide bonds. The number of carbonyl (C=O) groups is 2. The fourth-order valence-corrected chi connectivity index (χ4v) is 4.26. The number of imide groups is 1. The van der Waals surface area contributed by atoms with Gasteiger partial charge in [-0.15, -0.1) is 0 Å². The maximum Gasteiger partial charge on any atom is 0.254 e. The third-order valence-corrected chi connectivity index (χ3v) is 6.54. The normalized spacial score (nSPS) is 33.7. The van der Waals surface area contributed by atoms with Gasteiger partial charge in [0.25, 0.3) is 11.8 Å². The highest BCUT2D eigenvalue weighted by Crippen LogP contribution is 2.52. The van der Waals surface area contributed by atoms with Crippen molar-refractivity contribution in [3.63, 3.8) is 0 Å². The number of hydrazone groups is 1. The number of halogens is 2. The largest absolute Gasteiger partial charge is 0.448 e. The minimum Gasteiger partial charge on any atom is -0.448 e. The molecular weight excluding hydrogens is 451 g/mol. The Balaban J connectivity index is 1.59. The van der Waals surface area contributed by atoms with Gasteiger partial charge in [-0.25, -0.2) is 0 Å². The number of furan rings is 1. The van der Waals surface area contributed by atoms with E-state index in [4.69, 9.17) is 4.42 Å². The maximum atomic E-state index is 12.4. The topological polar surface area (TPSA) is 62.9 Å². The summed E-state index contributed by atoms with van der Waals surface area (Å²) in [4.78, 5) is 24.8. The van der Waals surface area contributed by atoms with Crippen LogP contribution in [0.2, 0.25) is 0 Å². The summed E-state index contributed by atoms with van der Waals surface area (Å²) in [6.07, 6.45) is 6.47. The Morgan fingerprint density at radius 3 is 2.43 bits per heavy atom. The summed E-state index contributed by atoms with van der Waals surface area (Å²) < 4.78 is 6.95. The zero-order valence-corrected chi connectivity index (χ0v) is 14.4. The van der Waals surface area contributed by atoms with Crippen LogP contribution in [-0.4, -0.2) is 23.0 Å². The number of amides is 2. The highest BCUT2D eigenvalue weighted by molar-refractivity contribution is 14.1. The summed E-state index contributed by atoms with van der Waals surface area (Å²) in [6, 6.07) is 1.75. The van der Waals surface area contributed by atoms with Gasteiger partial charge in [0, 0.05) is 28.7 Å². The van der Waals surface area contributed by atoms with Crippen LogP contribution in [0, 0.1) is 27.4 Å². The maximum absolute atomic E-state index is 12.4. The minimum atomic E-state index is -0.215. The molecule has 0 spiro atoms. The molecule has 3 aliphatic rings. The molecule has 5 nitrogen and oxygen atoms in total. The van der Waals surface area contributed by atoms with Crippen LogP contribution < -0.4 is 0 Å². The van der Waals surface area contributed by atoms with E-state index in [-0.39, 0.29) is 35.5 Å². The van der Waals surface area contributed by atoms with Crippen LogP contribution in [0.4, 0.5) is 0 Å². The molecule has 2 bridgehead atoms. The molecule has 2 heterocycles. The van der Waals surface area contributed by atoms with Gasteiger partial charge in [-0.2, -0.15) is 10.1 Å². The number of fused-ring (bicyclic) bond motifs is 5. The molecule has 0 radical (unpaired) electrons. The van der Waals surface area contributed by atoms with E-state index >= 15 is 0 Å². The van der Waals surface area contributed by atoms with Crippen molar-refractivity contribution < 1.29 is 14.0 Å². The molecule has 108 valence electrons. The SMILES string of the molecule is O=C1C2C3C=CC(C3)C2C(=O)N1N=Cc1cc(Br)c(I)o1. The fourth-order valence-electron chi connectivity index (χ4n) is 3.54. The van der Waals surface area contributed by atoms with Crippen molar-refractivity contribution in [2.24, 2.45) is 28.8 Å². The smallest absolute Gasteiger partial charge is 0.254 e. The summed E-state index contributed by atoms with van der Waals surface area (Å²) >= 11 is 5.38. The second-order valence-electron chi connectivity index (χ2n) is 5.50. The number of rotatable bonds is 2. The van der Waals surface area contributed by atoms with Crippen molar-refractivity contribution in [2.45, 2.75) is 6.42 Å². The first-order valence-electron chi connectivity index (χ1n) is 6.61. The molecule has 1 aliphatic heterocycles. The standard InChI is InChI=1S/C14H10BrIN2O3/c15-9-4-8(21-12(9)16)5-17-18-13(19)10-6-1-2-7(3-6)11(10)14(18)20/h1-2,4-7,10-11H,3H2. The summed E-state index contributed by atoms with van der Waals surface area (Å²) in [6.45, 7) is 0. The van der Waals surface area contributed by atoms with Crippen LogP contribution in [0.15, 0.2) is 32.2 Å². The number of hydrogen-bond donors (Lipinski definition) is 0. The van der Waals surface area contributed by atoms with E-state index in [0.29, 0.717) is 9.53 Å². The van der Waals surface area contributed by atoms with Gasteiger partial charge in [0.15, 0.2) is 3.77 Å². The minimum absolute atomic E-state index is 0.182. The highest BCUT2D eigenvalue weighted by atomic mass is 127. The van der Waals surface area contributed by atoms with Gasteiger partial charge in [0.2, 0.25) is 0 Å². The predicted molar refractivity (Wildman–Crippen MR) is 86.3 cm³/mol. The van der Waals surface area contributed by atoms with Crippen LogP contribution in [-0.2, 0) is 9.59 Å². The molecule has 21 heavy (non-hydrogen) atoms. The van der Waals surface area contributed by atoms with Crippen LogP contribution in [0.25, 0.3) is 0 Å². The van der Waals surface area contributed by atoms with Crippen LogP contribution in [0.3, 0.4) is 0 Å². The Morgan fingerprint density at radius 1 is 1.29 bits per heavy atom. The molecule has 1 aromatic rings. The molecule has 2 fully saturated rings. The van der Waals surface area contributed by atoms with E-state index in [2.05, 4.69) is 33.2 Å². The molecule has 1 saturated carbocycles. The lowest BCUT2D eigenvalue weighted by atomic mass is 9.85. The summed E-state index contributed by atoms with van der Waals surface area (Å²) in [5.74, 6) is 0.119. The fraction of sp³-hybridized carbons (Fsp3) is 0.357. The Kier molecular flexibility index (Phi) is 3.11. The first-order valence-corrected chi connectivity index (χ1v) is 8.48. The average Bonchev–Trinajstić information content (AvgIpc) is 3.17. The average molecular weight is 461 g/mol. The molecule has 1 saturated heterocycles. The lowest BCUT2D eigenvalue weighted by molar-refractivity contribution is -0.140. The Morgan fingerprint density at radius 2 is 1.90 bits per heavy atom. The van der Waals surface area contributed by atoms with Crippen LogP contribution in [0.1, 0.15) is 12.2 Å². The van der Waals surface area contributed by atoms with Crippen molar-refractivity contribution >= 4 is 56.5 Å². The summed E-state index contributed by atoms with van der Waals surface area (Å²) in [5.41, 5.74) is 0. The van der Waals surface area contributed by atoms with E-state index in [0.717, 1.165) is 15.9 Å². The van der Waals surface area contributed by atoms with E-state index in [1.54, 1.807) is 6.07 Å². The summed E-state index contributed by atoms with van der Waals surface area (Å²) in [5, 5.41) is 5.07. The Bertz CT molecular complexity index is 662.